The molecule has 0 aromatic heterocycles. The van der Waals surface area contributed by atoms with Crippen molar-refractivity contribution in [2.24, 2.45) is 17.6 Å². The van der Waals surface area contributed by atoms with Crippen molar-refractivity contribution in [3.8, 4) is 11.5 Å². The smallest absolute Gasteiger partial charge is 0.408 e. The zero-order valence-corrected chi connectivity index (χ0v) is 70.6. The van der Waals surface area contributed by atoms with Crippen molar-refractivity contribution in [2.45, 2.75) is 147 Å². The van der Waals surface area contributed by atoms with Gasteiger partial charge in [-0.05, 0) is 88.4 Å². The summed E-state index contributed by atoms with van der Waals surface area (Å²) in [6, 6.07) is 3.62. The van der Waals surface area contributed by atoms with E-state index in [4.69, 9.17) is 48.4 Å². The van der Waals surface area contributed by atoms with Crippen LogP contribution in [0.15, 0.2) is 42.5 Å². The molecule has 4 aliphatic rings. The molecule has 2 fully saturated rings. The van der Waals surface area contributed by atoms with Crippen LogP contribution in [0.5, 0.6) is 11.5 Å². The number of nitrogens with two attached hydrogens (primary N) is 1. The van der Waals surface area contributed by atoms with Crippen LogP contribution in [0.4, 0.5) is 4.79 Å². The molecule has 5 rings (SSSR count). The van der Waals surface area contributed by atoms with E-state index in [1.54, 1.807) is 19.4 Å². The fourth-order valence-electron chi connectivity index (χ4n) is 11.3. The zero-order valence-electron chi connectivity index (χ0n) is 68.8. The highest BCUT2D eigenvalue weighted by molar-refractivity contribution is 8.00. The summed E-state index contributed by atoms with van der Waals surface area (Å²) < 4.78 is 49.8. The maximum atomic E-state index is 13.4. The predicted molar refractivity (Wildman–Crippen MR) is 435 cm³/mol. The minimum absolute atomic E-state index is 0.0293. The van der Waals surface area contributed by atoms with Crippen LogP contribution in [0.1, 0.15) is 142 Å². The van der Waals surface area contributed by atoms with Crippen LogP contribution < -0.4 is 57.7 Å². The number of amides is 15. The van der Waals surface area contributed by atoms with E-state index in [1.165, 1.54) is 48.4 Å². The van der Waals surface area contributed by atoms with Crippen LogP contribution in [0.3, 0.4) is 0 Å². The van der Waals surface area contributed by atoms with Gasteiger partial charge in [0.05, 0.1) is 78.4 Å². The highest BCUT2D eigenvalue weighted by Crippen LogP contribution is 2.33. The monoisotopic (exact) mass is 1710 g/mol. The molecule has 4 aliphatic heterocycles. The molecule has 1 aromatic carbocycles. The number of esters is 1. The predicted octanol–water partition coefficient (Wildman–Crippen LogP) is 0.814. The van der Waals surface area contributed by atoms with Crippen molar-refractivity contribution in [2.75, 3.05) is 178 Å². The van der Waals surface area contributed by atoms with Crippen LogP contribution >= 0.6 is 24.4 Å². The summed E-state index contributed by atoms with van der Waals surface area (Å²) in [5.74, 6) is -5.33. The van der Waals surface area contributed by atoms with Gasteiger partial charge in [-0.1, -0.05) is 39.7 Å². The molecule has 0 bridgehead atoms. The average molecular weight is 1710 g/mol. The number of alkyl carbamates (subject to hydrolysis) is 1. The normalized spacial score (nSPS) is 15.6. The number of methoxy groups -OCH3 is 1. The molecule has 1 aromatic rings. The number of thiol groups is 1. The van der Waals surface area contributed by atoms with E-state index in [1.807, 2.05) is 20.8 Å². The average Bonchev–Trinajstić information content (AvgIpc) is 1.81. The summed E-state index contributed by atoms with van der Waals surface area (Å²) in [5.41, 5.74) is 5.95. The summed E-state index contributed by atoms with van der Waals surface area (Å²) in [6.07, 6.45) is 11.0. The maximum Gasteiger partial charge on any atom is 0.408 e. The number of carbonyl (C=O) groups excluding carboxylic acids is 16. The lowest BCUT2D eigenvalue weighted by Gasteiger charge is -2.24. The Morgan fingerprint density at radius 1 is 0.508 bits per heavy atom. The van der Waals surface area contributed by atoms with Crippen LogP contribution in [0.2, 0.25) is 0 Å². The number of hydrogen-bond donors (Lipinski definition) is 10. The quantitative estimate of drug-likeness (QED) is 0.0108. The highest BCUT2D eigenvalue weighted by Gasteiger charge is 2.40. The summed E-state index contributed by atoms with van der Waals surface area (Å²) >= 11 is 4.68. The zero-order chi connectivity index (χ0) is 86.8. The number of thioether (sulfide) groups is 1. The van der Waals surface area contributed by atoms with Crippen molar-refractivity contribution >= 4 is 119 Å². The summed E-state index contributed by atoms with van der Waals surface area (Å²) in [6.45, 7) is 12.6. The van der Waals surface area contributed by atoms with Gasteiger partial charge in [0.1, 0.15) is 12.1 Å². The molecular weight excluding hydrogens is 1580 g/mol. The Balaban J connectivity index is 0.000000733. The van der Waals surface area contributed by atoms with Gasteiger partial charge >= 0.3 is 12.1 Å². The molecule has 0 spiro atoms. The molecule has 0 saturated carbocycles. The molecule has 0 radical (unpaired) electrons. The summed E-state index contributed by atoms with van der Waals surface area (Å²) in [5, 5.41) is 21.1. The van der Waals surface area contributed by atoms with E-state index < -0.39 is 70.8 Å². The van der Waals surface area contributed by atoms with Crippen LogP contribution in [0.25, 0.3) is 0 Å². The SMILES string of the molecule is CCC1CC(=O)N(CCC(=O)NCCCOCCOCCOCCCNC(=O)CCN2C(=O)C=CC2=O)C1=O.CC[C@H](C)[C@H](NC(=O)CCCCCN)C(=O)Oc1ccc(C(CNC(=O)CCSC2CC(=O)N(CCC(=O)NCCCOCCOCCOCCCNC(=O)CCN3C(=O)C=CC3=O)C2=O)OC(=O)NCNC)cc1OC.CS. The van der Waals surface area contributed by atoms with Crippen molar-refractivity contribution in [1.29, 1.82) is 0 Å². The Labute approximate surface area is 699 Å². The summed E-state index contributed by atoms with van der Waals surface area (Å²) in [4.78, 5) is 200. The number of hydrogen-bond acceptors (Lipinski definition) is 29. The van der Waals surface area contributed by atoms with Crippen molar-refractivity contribution < 1.29 is 119 Å². The van der Waals surface area contributed by atoms with E-state index in [9.17, 15) is 76.7 Å². The second-order valence-corrected chi connectivity index (χ2v) is 28.3. The third kappa shape index (κ3) is 42.1. The Morgan fingerprint density at radius 3 is 1.36 bits per heavy atom. The molecule has 40 heteroatoms. The van der Waals surface area contributed by atoms with Gasteiger partial charge in [0.25, 0.3) is 23.6 Å². The van der Waals surface area contributed by atoms with Gasteiger partial charge in [-0.25, -0.2) is 9.59 Å². The van der Waals surface area contributed by atoms with Crippen LogP contribution in [0, 0.1) is 11.8 Å². The largest absolute Gasteiger partial charge is 0.493 e. The number of likely N-dealkylation sites (tertiary alicyclic amines) is 2. The number of carbonyl (C=O) groups is 16. The molecule has 3 unspecified atom stereocenters. The molecule has 10 N–H and O–H groups in total. The lowest BCUT2D eigenvalue weighted by Crippen LogP contribution is -2.47. The first-order valence-corrected chi connectivity index (χ1v) is 42.0. The molecule has 118 heavy (non-hydrogen) atoms. The first-order valence-electron chi connectivity index (χ1n) is 40.0. The lowest BCUT2D eigenvalue weighted by molar-refractivity contribution is -0.141. The number of ether oxygens (including phenoxy) is 9. The third-order valence-corrected chi connectivity index (χ3v) is 19.4. The third-order valence-electron chi connectivity index (χ3n) is 18.2. The first kappa shape index (κ1) is 103. The first-order chi connectivity index (χ1) is 56.9. The Hall–Kier alpha value is -9.00. The highest BCUT2D eigenvalue weighted by atomic mass is 32.2. The van der Waals surface area contributed by atoms with E-state index in [2.05, 4.69) is 55.2 Å². The number of rotatable bonds is 62. The van der Waals surface area contributed by atoms with Crippen molar-refractivity contribution in [3.63, 3.8) is 0 Å². The van der Waals surface area contributed by atoms with Gasteiger partial charge in [-0.2, -0.15) is 12.6 Å². The number of benzene rings is 1. The van der Waals surface area contributed by atoms with E-state index in [0.29, 0.717) is 163 Å². The minimum Gasteiger partial charge on any atom is -0.493 e. The molecular formula is C78H123N13O25S2. The summed E-state index contributed by atoms with van der Waals surface area (Å²) in [7, 11) is 3.00. The van der Waals surface area contributed by atoms with Gasteiger partial charge in [-0.3, -0.25) is 86.7 Å². The fourth-order valence-corrected chi connectivity index (χ4v) is 12.5. The molecule has 15 amide bonds. The number of nitrogens with zero attached hydrogens (tertiary/aromatic N) is 4. The Kier molecular flexibility index (Phi) is 54.4. The molecule has 5 atom stereocenters. The van der Waals surface area contributed by atoms with Crippen molar-refractivity contribution in [1.82, 2.24) is 62.1 Å². The van der Waals surface area contributed by atoms with Crippen LogP contribution in [-0.2, 0) is 105 Å². The molecule has 4 heterocycles. The van der Waals surface area contributed by atoms with Gasteiger partial charge in [-0.15, -0.1) is 11.8 Å². The van der Waals surface area contributed by atoms with E-state index in [-0.39, 0.29) is 161 Å². The van der Waals surface area contributed by atoms with E-state index in [0.717, 1.165) is 39.3 Å². The number of nitrogens with one attached hydrogen (secondary N) is 8. The standard InChI is InChI=1S/C51H79N9O16S.C26H40N4O9.CH4S/c1-5-35(2)48(58-44(64)11-7-6-8-19-52)50(69)75-37-13-12-36(31-38(37)71-4)39(76-51(70)57-34-53-3)33-56-43(63)18-30-77-40-32-47(67)60(49(40)68)23-17-42(62)55-21-10-25-73-27-29-74-28-26-72-24-9-20-54-41(61)16-22-59-45(65)14-15-46(59)66;1-2-20-19-25(35)30(26(20)36)12-8-22(32)28-10-4-14-38-16-18-39-17-15-37-13-3-9-27-21(31)7-11-29-23(33)5-6-24(29)34;1-2/h12-15,31,35,39-40,48,53H,5-11,16-30,32-34,52H2,1-4H3,(H,54,61)(H,55,62)(H,56,63)(H,57,70)(H,58,64);5-6,20H,2-4,7-19H2,1H3,(H,27,31)(H,28,32);2H,1H3/t35-,39?,40?,48-;;/m0../s1. The van der Waals surface area contributed by atoms with Gasteiger partial charge in [0.2, 0.25) is 59.1 Å². The van der Waals surface area contributed by atoms with E-state index >= 15 is 0 Å². The number of unbranched alkanes of at least 4 members (excludes halogenated alkanes) is 2. The molecule has 662 valence electrons. The lowest BCUT2D eigenvalue weighted by atomic mass is 9.99. The second kappa shape index (κ2) is 62.2. The Morgan fingerprint density at radius 2 is 0.941 bits per heavy atom. The van der Waals surface area contributed by atoms with Gasteiger partial charge < -0.3 is 90.9 Å². The fraction of sp³-hybridized carbons (Fsp3) is 0.667. The van der Waals surface area contributed by atoms with Crippen LogP contribution in [-0.4, -0.2) is 303 Å². The molecule has 38 nitrogen and oxygen atoms in total. The second-order valence-electron chi connectivity index (χ2n) is 27.0. The maximum absolute atomic E-state index is 13.4. The minimum atomic E-state index is -1.03. The molecule has 2 saturated heterocycles. The topological polar surface area (TPSA) is 491 Å². The Bertz CT molecular complexity index is 3390. The van der Waals surface area contributed by atoms with Gasteiger partial charge in [0, 0.05) is 166 Å². The van der Waals surface area contributed by atoms with Gasteiger partial charge in [0.15, 0.2) is 11.5 Å². The van der Waals surface area contributed by atoms with Crippen molar-refractivity contribution in [3.05, 3.63) is 48.1 Å². The number of imide groups is 4. The molecule has 0 aliphatic carbocycles.